The maximum Gasteiger partial charge on any atom is 0.245 e. The van der Waals surface area contributed by atoms with Crippen molar-refractivity contribution >= 4 is 17.5 Å². The second kappa shape index (κ2) is 7.64. The number of nitrogens with zero attached hydrogens (tertiary/aromatic N) is 3. The Labute approximate surface area is 143 Å². The highest BCUT2D eigenvalue weighted by molar-refractivity contribution is 5.87. The van der Waals surface area contributed by atoms with Crippen LogP contribution in [0.2, 0.25) is 0 Å². The zero-order chi connectivity index (χ0) is 16.9. The van der Waals surface area contributed by atoms with Gasteiger partial charge in [0.1, 0.15) is 6.04 Å². The lowest BCUT2D eigenvalue weighted by Gasteiger charge is -2.38. The van der Waals surface area contributed by atoms with Gasteiger partial charge >= 0.3 is 0 Å². The molecule has 0 aromatic carbocycles. The summed E-state index contributed by atoms with van der Waals surface area (Å²) in [5.74, 6) is 0.266. The molecule has 2 heterocycles. The molecule has 24 heavy (non-hydrogen) atoms. The first-order valence-electron chi connectivity index (χ1n) is 8.86. The maximum absolute atomic E-state index is 12.9. The summed E-state index contributed by atoms with van der Waals surface area (Å²) in [6.07, 6.45) is 7.97. The van der Waals surface area contributed by atoms with Crippen molar-refractivity contribution in [3.8, 4) is 0 Å². The van der Waals surface area contributed by atoms with Crippen molar-refractivity contribution in [1.29, 1.82) is 0 Å². The van der Waals surface area contributed by atoms with Gasteiger partial charge < -0.3 is 15.1 Å². The number of carbonyl (C=O) groups excluding carboxylic acids is 2. The van der Waals surface area contributed by atoms with Gasteiger partial charge in [-0.3, -0.25) is 14.6 Å². The molecule has 1 aliphatic carbocycles. The first-order valence-corrected chi connectivity index (χ1v) is 8.86. The Morgan fingerprint density at radius 3 is 2.33 bits per heavy atom. The third-order valence-corrected chi connectivity index (χ3v) is 5.12. The summed E-state index contributed by atoms with van der Waals surface area (Å²) >= 11 is 0. The van der Waals surface area contributed by atoms with Gasteiger partial charge in [-0.25, -0.2) is 0 Å². The Hall–Kier alpha value is -2.11. The molecule has 0 radical (unpaired) electrons. The van der Waals surface area contributed by atoms with Gasteiger partial charge in [-0.05, 0) is 30.9 Å². The minimum atomic E-state index is -0.350. The first-order chi connectivity index (χ1) is 11.6. The second-order valence-electron chi connectivity index (χ2n) is 6.74. The summed E-state index contributed by atoms with van der Waals surface area (Å²) in [6.45, 7) is 4.52. The fourth-order valence-electron chi connectivity index (χ4n) is 3.83. The van der Waals surface area contributed by atoms with E-state index in [1.807, 2.05) is 17.0 Å². The van der Waals surface area contributed by atoms with Crippen LogP contribution in [0, 0.1) is 5.92 Å². The molecule has 1 unspecified atom stereocenters. The molecule has 1 aromatic rings. The molecule has 2 aliphatic rings. The van der Waals surface area contributed by atoms with Crippen LogP contribution in [0.1, 0.15) is 32.6 Å². The van der Waals surface area contributed by atoms with Crippen LogP contribution < -0.4 is 10.2 Å². The number of amides is 2. The SMILES string of the molecule is CC(=O)NC(C(=O)N1CCN(c2ccncc2)CC1)C1CCCC1. The summed E-state index contributed by atoms with van der Waals surface area (Å²) in [6, 6.07) is 3.64. The normalized spacial score (nSPS) is 20.0. The van der Waals surface area contributed by atoms with Crippen LogP contribution in [0.15, 0.2) is 24.5 Å². The molecule has 1 atom stereocenters. The quantitative estimate of drug-likeness (QED) is 0.907. The molecule has 130 valence electrons. The molecule has 6 nitrogen and oxygen atoms in total. The van der Waals surface area contributed by atoms with Gasteiger partial charge in [-0.15, -0.1) is 0 Å². The van der Waals surface area contributed by atoms with Gasteiger partial charge in [-0.2, -0.15) is 0 Å². The van der Waals surface area contributed by atoms with Crippen molar-refractivity contribution in [1.82, 2.24) is 15.2 Å². The molecule has 1 N–H and O–H groups in total. The van der Waals surface area contributed by atoms with E-state index in [1.54, 1.807) is 12.4 Å². The third kappa shape index (κ3) is 3.86. The molecule has 1 saturated carbocycles. The molecule has 0 bridgehead atoms. The minimum absolute atomic E-state index is 0.0893. The number of hydrogen-bond acceptors (Lipinski definition) is 4. The molecule has 1 aromatic heterocycles. The number of carbonyl (C=O) groups is 2. The van der Waals surface area contributed by atoms with Crippen LogP contribution >= 0.6 is 0 Å². The second-order valence-corrected chi connectivity index (χ2v) is 6.74. The summed E-state index contributed by atoms with van der Waals surface area (Å²) in [4.78, 5) is 32.7. The molecule has 1 saturated heterocycles. The van der Waals surface area contributed by atoms with Crippen LogP contribution in [-0.4, -0.2) is 53.9 Å². The van der Waals surface area contributed by atoms with Crippen molar-refractivity contribution in [2.75, 3.05) is 31.1 Å². The molecule has 1 aliphatic heterocycles. The van der Waals surface area contributed by atoms with Gasteiger partial charge in [0.2, 0.25) is 11.8 Å². The van der Waals surface area contributed by atoms with E-state index in [0.29, 0.717) is 19.0 Å². The highest BCUT2D eigenvalue weighted by atomic mass is 16.2. The molecule has 2 fully saturated rings. The predicted molar refractivity (Wildman–Crippen MR) is 92.6 cm³/mol. The van der Waals surface area contributed by atoms with Crippen molar-refractivity contribution < 1.29 is 9.59 Å². The van der Waals surface area contributed by atoms with Crippen LogP contribution in [0.3, 0.4) is 0 Å². The number of aromatic nitrogens is 1. The molecule has 0 spiro atoms. The first kappa shape index (κ1) is 16.7. The van der Waals surface area contributed by atoms with E-state index in [1.165, 1.54) is 6.92 Å². The number of hydrogen-bond donors (Lipinski definition) is 1. The lowest BCUT2D eigenvalue weighted by molar-refractivity contribution is -0.137. The fourth-order valence-corrected chi connectivity index (χ4v) is 3.83. The van der Waals surface area contributed by atoms with Crippen LogP contribution in [0.5, 0.6) is 0 Å². The van der Waals surface area contributed by atoms with Crippen LogP contribution in [0.4, 0.5) is 5.69 Å². The zero-order valence-corrected chi connectivity index (χ0v) is 14.3. The molecular weight excluding hydrogens is 304 g/mol. The summed E-state index contributed by atoms with van der Waals surface area (Å²) in [7, 11) is 0. The van der Waals surface area contributed by atoms with Crippen LogP contribution in [-0.2, 0) is 9.59 Å². The molecule has 2 amide bonds. The highest BCUT2D eigenvalue weighted by Gasteiger charge is 2.35. The molecular formula is C18H26N4O2. The van der Waals surface area contributed by atoms with Gasteiger partial charge in [0, 0.05) is 51.2 Å². The molecule has 3 rings (SSSR count). The smallest absolute Gasteiger partial charge is 0.245 e. The van der Waals surface area contributed by atoms with Crippen molar-refractivity contribution in [3.63, 3.8) is 0 Å². The fraction of sp³-hybridized carbons (Fsp3) is 0.611. The monoisotopic (exact) mass is 330 g/mol. The highest BCUT2D eigenvalue weighted by Crippen LogP contribution is 2.29. The number of nitrogens with one attached hydrogen (secondary N) is 1. The number of piperazine rings is 1. The van der Waals surface area contributed by atoms with E-state index in [9.17, 15) is 9.59 Å². The largest absolute Gasteiger partial charge is 0.368 e. The summed E-state index contributed by atoms with van der Waals surface area (Å²) < 4.78 is 0. The Bertz CT molecular complexity index is 564. The average Bonchev–Trinajstić information content (AvgIpc) is 3.14. The van der Waals surface area contributed by atoms with Gasteiger partial charge in [0.05, 0.1) is 0 Å². The minimum Gasteiger partial charge on any atom is -0.368 e. The Kier molecular flexibility index (Phi) is 5.33. The van der Waals surface area contributed by atoms with Gasteiger partial charge in [-0.1, -0.05) is 12.8 Å². The Morgan fingerprint density at radius 2 is 1.75 bits per heavy atom. The van der Waals surface area contributed by atoms with Crippen molar-refractivity contribution in [2.45, 2.75) is 38.6 Å². The van der Waals surface area contributed by atoms with E-state index < -0.39 is 0 Å². The van der Waals surface area contributed by atoms with Crippen LogP contribution in [0.25, 0.3) is 0 Å². The number of pyridine rings is 1. The number of rotatable bonds is 4. The summed E-state index contributed by atoms with van der Waals surface area (Å²) in [5, 5.41) is 2.91. The third-order valence-electron chi connectivity index (χ3n) is 5.12. The topological polar surface area (TPSA) is 65.5 Å². The predicted octanol–water partition coefficient (Wildman–Crippen LogP) is 1.43. The average molecular weight is 330 g/mol. The maximum atomic E-state index is 12.9. The van der Waals surface area contributed by atoms with Crippen molar-refractivity contribution in [3.05, 3.63) is 24.5 Å². The summed E-state index contributed by atoms with van der Waals surface area (Å²) in [5.41, 5.74) is 1.14. The zero-order valence-electron chi connectivity index (χ0n) is 14.3. The molecule has 6 heteroatoms. The number of anilines is 1. The van der Waals surface area contributed by atoms with Gasteiger partial charge in [0.25, 0.3) is 0 Å². The van der Waals surface area contributed by atoms with Gasteiger partial charge in [0.15, 0.2) is 0 Å². The van der Waals surface area contributed by atoms with E-state index in [-0.39, 0.29) is 17.9 Å². The standard InChI is InChI=1S/C18H26N4O2/c1-14(23)20-17(15-4-2-3-5-15)18(24)22-12-10-21(11-13-22)16-6-8-19-9-7-16/h6-9,15,17H,2-5,10-13H2,1H3,(H,20,23). The lowest BCUT2D eigenvalue weighted by atomic mass is 9.96. The lowest BCUT2D eigenvalue weighted by Crippen LogP contribution is -2.56. The van der Waals surface area contributed by atoms with Crippen molar-refractivity contribution in [2.24, 2.45) is 5.92 Å². The Balaban J connectivity index is 1.61. The Morgan fingerprint density at radius 1 is 1.12 bits per heavy atom. The van der Waals surface area contributed by atoms with E-state index in [4.69, 9.17) is 0 Å². The van der Waals surface area contributed by atoms with E-state index >= 15 is 0 Å². The van der Waals surface area contributed by atoms with E-state index in [2.05, 4.69) is 15.2 Å². The van der Waals surface area contributed by atoms with E-state index in [0.717, 1.165) is 44.5 Å².